The average molecular weight is 214 g/mol. The average Bonchev–Trinajstić information content (AvgIpc) is 2.14. The van der Waals surface area contributed by atoms with E-state index in [0.717, 1.165) is 11.2 Å². The molecule has 2 aromatic rings. The molecule has 16 heavy (non-hydrogen) atoms. The van der Waals surface area contributed by atoms with Crippen LogP contribution in [0.15, 0.2) is 18.2 Å². The Labute approximate surface area is 96.5 Å². The molecule has 2 N–H and O–H groups in total. The number of hydrogen-bond donors (Lipinski definition) is 1. The summed E-state index contributed by atoms with van der Waals surface area (Å²) in [6.45, 7) is 8.26. The highest BCUT2D eigenvalue weighted by Gasteiger charge is 2.10. The molecule has 2 heteroatoms. The van der Waals surface area contributed by atoms with Crippen molar-refractivity contribution in [1.29, 1.82) is 0 Å². The highest BCUT2D eigenvalue weighted by molar-refractivity contribution is 5.86. The number of hydrogen-bond acceptors (Lipinski definition) is 2. The number of nitrogens with two attached hydrogens (primary N) is 1. The van der Waals surface area contributed by atoms with Crippen molar-refractivity contribution in [2.75, 3.05) is 0 Å². The summed E-state index contributed by atoms with van der Waals surface area (Å²) in [5.41, 5.74) is 11.8. The van der Waals surface area contributed by atoms with Gasteiger partial charge in [0.15, 0.2) is 0 Å². The molecule has 1 atom stereocenters. The minimum Gasteiger partial charge on any atom is -0.324 e. The number of aromatic nitrogens is 1. The zero-order valence-electron chi connectivity index (χ0n) is 10.3. The third-order valence-electron chi connectivity index (χ3n) is 2.90. The first-order chi connectivity index (χ1) is 7.49. The van der Waals surface area contributed by atoms with Crippen molar-refractivity contribution >= 4 is 10.9 Å². The highest BCUT2D eigenvalue weighted by atomic mass is 14.7. The number of rotatable bonds is 1. The lowest BCUT2D eigenvalue weighted by molar-refractivity contribution is 0.822. The van der Waals surface area contributed by atoms with Crippen LogP contribution in [0.3, 0.4) is 0 Å². The molecule has 1 unspecified atom stereocenters. The monoisotopic (exact) mass is 214 g/mol. The predicted octanol–water partition coefficient (Wildman–Crippen LogP) is 3.18. The molecule has 1 aromatic carbocycles. The maximum Gasteiger partial charge on any atom is 0.0713 e. The molecular formula is C14H18N2. The van der Waals surface area contributed by atoms with Gasteiger partial charge in [-0.2, -0.15) is 0 Å². The molecule has 84 valence electrons. The minimum atomic E-state index is 0.0469. The Balaban J connectivity index is 2.90. The molecule has 2 nitrogen and oxygen atoms in total. The van der Waals surface area contributed by atoms with E-state index in [1.165, 1.54) is 22.1 Å². The van der Waals surface area contributed by atoms with Gasteiger partial charge in [-0.15, -0.1) is 0 Å². The van der Waals surface area contributed by atoms with Crippen molar-refractivity contribution in [1.82, 2.24) is 4.98 Å². The molecule has 0 radical (unpaired) electrons. The van der Waals surface area contributed by atoms with Crippen molar-refractivity contribution in [3.05, 3.63) is 40.6 Å². The van der Waals surface area contributed by atoms with Gasteiger partial charge in [0, 0.05) is 17.1 Å². The quantitative estimate of drug-likeness (QED) is 0.791. The van der Waals surface area contributed by atoms with Gasteiger partial charge in [-0.25, -0.2) is 0 Å². The Bertz CT molecular complexity index is 537. The number of pyridine rings is 1. The fraction of sp³-hybridized carbons (Fsp3) is 0.357. The highest BCUT2D eigenvalue weighted by Crippen LogP contribution is 2.27. The Morgan fingerprint density at radius 2 is 1.81 bits per heavy atom. The van der Waals surface area contributed by atoms with Gasteiger partial charge in [-0.05, 0) is 56.5 Å². The van der Waals surface area contributed by atoms with Crippen LogP contribution in [-0.4, -0.2) is 4.98 Å². The first-order valence-corrected chi connectivity index (χ1v) is 5.63. The lowest BCUT2D eigenvalue weighted by Gasteiger charge is -2.13. The maximum absolute atomic E-state index is 6.03. The number of nitrogens with zero attached hydrogens (tertiary/aromatic N) is 1. The van der Waals surface area contributed by atoms with Crippen molar-refractivity contribution in [2.45, 2.75) is 33.7 Å². The topological polar surface area (TPSA) is 38.9 Å². The Hall–Kier alpha value is -1.41. The van der Waals surface area contributed by atoms with E-state index in [-0.39, 0.29) is 6.04 Å². The van der Waals surface area contributed by atoms with Crippen LogP contribution < -0.4 is 5.73 Å². The Morgan fingerprint density at radius 3 is 2.44 bits per heavy atom. The second kappa shape index (κ2) is 3.87. The summed E-state index contributed by atoms with van der Waals surface area (Å²) < 4.78 is 0. The van der Waals surface area contributed by atoms with Crippen LogP contribution in [0.2, 0.25) is 0 Å². The van der Waals surface area contributed by atoms with E-state index in [2.05, 4.69) is 37.0 Å². The second-order valence-electron chi connectivity index (χ2n) is 4.62. The number of benzene rings is 1. The van der Waals surface area contributed by atoms with Crippen LogP contribution in [0, 0.1) is 20.8 Å². The molecule has 0 saturated carbocycles. The van der Waals surface area contributed by atoms with Crippen LogP contribution in [0.25, 0.3) is 10.9 Å². The standard InChI is InChI=1S/C14H18N2/c1-8-5-9(2)14-12(11(4)15)7-10(3)16-13(14)6-8/h5-7,11H,15H2,1-4H3. The zero-order valence-corrected chi connectivity index (χ0v) is 10.3. The summed E-state index contributed by atoms with van der Waals surface area (Å²) in [7, 11) is 0. The van der Waals surface area contributed by atoms with Gasteiger partial charge in [-0.1, -0.05) is 6.07 Å². The van der Waals surface area contributed by atoms with E-state index in [1.807, 2.05) is 13.8 Å². The fourth-order valence-electron chi connectivity index (χ4n) is 2.29. The normalized spacial score (nSPS) is 13.1. The molecule has 0 aliphatic carbocycles. The smallest absolute Gasteiger partial charge is 0.0713 e. The maximum atomic E-state index is 6.03. The van der Waals surface area contributed by atoms with Gasteiger partial charge in [0.1, 0.15) is 0 Å². The molecule has 0 bridgehead atoms. The third-order valence-corrected chi connectivity index (χ3v) is 2.90. The predicted molar refractivity (Wildman–Crippen MR) is 68.6 cm³/mol. The van der Waals surface area contributed by atoms with E-state index in [4.69, 9.17) is 5.73 Å². The van der Waals surface area contributed by atoms with E-state index in [9.17, 15) is 0 Å². The molecule has 0 saturated heterocycles. The van der Waals surface area contributed by atoms with Crippen LogP contribution in [0.1, 0.15) is 35.3 Å². The summed E-state index contributed by atoms with van der Waals surface area (Å²) in [6.07, 6.45) is 0. The molecule has 0 spiro atoms. The minimum absolute atomic E-state index is 0.0469. The Kier molecular flexibility index (Phi) is 2.68. The molecular weight excluding hydrogens is 196 g/mol. The van der Waals surface area contributed by atoms with E-state index in [1.54, 1.807) is 0 Å². The second-order valence-corrected chi connectivity index (χ2v) is 4.62. The SMILES string of the molecule is Cc1cc(C)c2c(C(C)N)cc(C)nc2c1. The van der Waals surface area contributed by atoms with Crippen LogP contribution in [-0.2, 0) is 0 Å². The van der Waals surface area contributed by atoms with Gasteiger partial charge in [0.2, 0.25) is 0 Å². The molecule has 0 fully saturated rings. The van der Waals surface area contributed by atoms with Gasteiger partial charge >= 0.3 is 0 Å². The number of aryl methyl sites for hydroxylation is 3. The van der Waals surface area contributed by atoms with E-state index < -0.39 is 0 Å². The first kappa shape index (κ1) is 11.1. The molecule has 0 aliphatic rings. The molecule has 1 aromatic heterocycles. The van der Waals surface area contributed by atoms with Crippen LogP contribution >= 0.6 is 0 Å². The largest absolute Gasteiger partial charge is 0.324 e. The first-order valence-electron chi connectivity index (χ1n) is 5.63. The van der Waals surface area contributed by atoms with Crippen molar-refractivity contribution in [3.63, 3.8) is 0 Å². The number of fused-ring (bicyclic) bond motifs is 1. The van der Waals surface area contributed by atoms with E-state index in [0.29, 0.717) is 0 Å². The van der Waals surface area contributed by atoms with Crippen molar-refractivity contribution < 1.29 is 0 Å². The van der Waals surface area contributed by atoms with E-state index >= 15 is 0 Å². The van der Waals surface area contributed by atoms with Gasteiger partial charge in [-0.3, -0.25) is 4.98 Å². The summed E-state index contributed by atoms with van der Waals surface area (Å²) >= 11 is 0. The van der Waals surface area contributed by atoms with Gasteiger partial charge in [0.25, 0.3) is 0 Å². The summed E-state index contributed by atoms with van der Waals surface area (Å²) in [6, 6.07) is 6.45. The third kappa shape index (κ3) is 1.81. The Morgan fingerprint density at radius 1 is 1.12 bits per heavy atom. The van der Waals surface area contributed by atoms with Crippen LogP contribution in [0.4, 0.5) is 0 Å². The summed E-state index contributed by atoms with van der Waals surface area (Å²) in [5.74, 6) is 0. The molecule has 1 heterocycles. The molecule has 0 aliphatic heterocycles. The molecule has 2 rings (SSSR count). The lowest BCUT2D eigenvalue weighted by atomic mass is 9.97. The fourth-order valence-corrected chi connectivity index (χ4v) is 2.29. The van der Waals surface area contributed by atoms with Crippen molar-refractivity contribution in [3.8, 4) is 0 Å². The zero-order chi connectivity index (χ0) is 11.9. The van der Waals surface area contributed by atoms with Gasteiger partial charge < -0.3 is 5.73 Å². The van der Waals surface area contributed by atoms with Crippen molar-refractivity contribution in [2.24, 2.45) is 5.73 Å². The van der Waals surface area contributed by atoms with Crippen LogP contribution in [0.5, 0.6) is 0 Å². The van der Waals surface area contributed by atoms with Gasteiger partial charge in [0.05, 0.1) is 5.52 Å². The summed E-state index contributed by atoms with van der Waals surface area (Å²) in [5, 5.41) is 1.21. The molecule has 0 amide bonds. The lowest BCUT2D eigenvalue weighted by Crippen LogP contribution is -2.07. The summed E-state index contributed by atoms with van der Waals surface area (Å²) in [4.78, 5) is 4.58.